The van der Waals surface area contributed by atoms with Crippen LogP contribution in [-0.2, 0) is 14.8 Å². The molecule has 8 heteroatoms. The van der Waals surface area contributed by atoms with Crippen molar-refractivity contribution in [1.29, 1.82) is 0 Å². The number of amides is 1. The van der Waals surface area contributed by atoms with Crippen LogP contribution in [0.15, 0.2) is 53.4 Å². The number of carbonyl (C=O) groups is 1. The number of hydrogen-bond acceptors (Lipinski definition) is 4. The summed E-state index contributed by atoms with van der Waals surface area (Å²) in [5.74, 6) is 0.0146. The maximum atomic E-state index is 13.2. The molecular weight excluding hydrogens is 388 g/mol. The van der Waals surface area contributed by atoms with E-state index in [1.807, 2.05) is 13.8 Å². The van der Waals surface area contributed by atoms with Gasteiger partial charge in [-0.05, 0) is 49.7 Å². The van der Waals surface area contributed by atoms with Crippen molar-refractivity contribution in [3.05, 3.63) is 53.6 Å². The summed E-state index contributed by atoms with van der Waals surface area (Å²) in [6.07, 6.45) is -0.169. The van der Waals surface area contributed by atoms with E-state index < -0.39 is 16.1 Å². The van der Waals surface area contributed by atoms with Gasteiger partial charge in [0.05, 0.1) is 17.1 Å². The van der Waals surface area contributed by atoms with Crippen LogP contribution in [0.5, 0.6) is 5.75 Å². The summed E-state index contributed by atoms with van der Waals surface area (Å²) < 4.78 is 33.4. The van der Waals surface area contributed by atoms with Gasteiger partial charge in [-0.1, -0.05) is 30.7 Å². The van der Waals surface area contributed by atoms with Crippen molar-refractivity contribution in [1.82, 2.24) is 5.32 Å². The maximum absolute atomic E-state index is 13.2. The number of para-hydroxylation sites is 2. The van der Waals surface area contributed by atoms with Crippen molar-refractivity contribution in [2.45, 2.75) is 37.3 Å². The number of fused-ring (bicyclic) bond motifs is 1. The number of sulfonamides is 1. The van der Waals surface area contributed by atoms with Gasteiger partial charge >= 0.3 is 0 Å². The molecule has 3 rings (SSSR count). The normalized spacial score (nSPS) is 17.6. The van der Waals surface area contributed by atoms with Crippen LogP contribution in [0.3, 0.4) is 0 Å². The zero-order chi connectivity index (χ0) is 19.6. The molecule has 0 unspecified atom stereocenters. The van der Waals surface area contributed by atoms with Crippen LogP contribution >= 0.6 is 11.6 Å². The Morgan fingerprint density at radius 1 is 1.26 bits per heavy atom. The second kappa shape index (κ2) is 7.78. The van der Waals surface area contributed by atoms with Gasteiger partial charge in [0.1, 0.15) is 5.75 Å². The molecule has 1 amide bonds. The monoisotopic (exact) mass is 408 g/mol. The van der Waals surface area contributed by atoms with E-state index >= 15 is 0 Å². The highest BCUT2D eigenvalue weighted by atomic mass is 35.5. The Morgan fingerprint density at radius 3 is 2.59 bits per heavy atom. The van der Waals surface area contributed by atoms with E-state index in [9.17, 15) is 13.2 Å². The lowest BCUT2D eigenvalue weighted by Gasteiger charge is -2.35. The predicted molar refractivity (Wildman–Crippen MR) is 105 cm³/mol. The molecule has 0 bridgehead atoms. The predicted octanol–water partition coefficient (Wildman–Crippen LogP) is 3.21. The van der Waals surface area contributed by atoms with E-state index in [0.717, 1.165) is 6.42 Å². The molecule has 0 saturated heterocycles. The van der Waals surface area contributed by atoms with Gasteiger partial charge in [0.15, 0.2) is 6.10 Å². The minimum absolute atomic E-state index is 0.0282. The Hall–Kier alpha value is -2.25. The van der Waals surface area contributed by atoms with Gasteiger partial charge in [-0.3, -0.25) is 9.10 Å². The summed E-state index contributed by atoms with van der Waals surface area (Å²) in [7, 11) is -3.88. The summed E-state index contributed by atoms with van der Waals surface area (Å²) in [4.78, 5) is 12.7. The second-order valence-corrected chi connectivity index (χ2v) is 8.68. The van der Waals surface area contributed by atoms with Gasteiger partial charge in [-0.15, -0.1) is 0 Å². The van der Waals surface area contributed by atoms with E-state index in [-0.39, 0.29) is 23.4 Å². The third kappa shape index (κ3) is 4.04. The van der Waals surface area contributed by atoms with Crippen LogP contribution in [-0.4, -0.2) is 33.0 Å². The number of carbonyl (C=O) groups excluding carboxylic acids is 1. The molecule has 1 aliphatic rings. The van der Waals surface area contributed by atoms with E-state index in [1.54, 1.807) is 24.3 Å². The van der Waals surface area contributed by atoms with Crippen molar-refractivity contribution in [2.24, 2.45) is 0 Å². The number of benzene rings is 2. The van der Waals surface area contributed by atoms with Crippen LogP contribution in [0, 0.1) is 0 Å². The molecule has 144 valence electrons. The number of rotatable bonds is 5. The zero-order valence-electron chi connectivity index (χ0n) is 15.1. The minimum atomic E-state index is -3.88. The first-order valence-electron chi connectivity index (χ1n) is 8.67. The topological polar surface area (TPSA) is 75.7 Å². The van der Waals surface area contributed by atoms with Crippen LogP contribution in [0.1, 0.15) is 20.3 Å². The number of nitrogens with zero attached hydrogens (tertiary/aromatic N) is 1. The average Bonchev–Trinajstić information content (AvgIpc) is 2.67. The van der Waals surface area contributed by atoms with E-state index in [4.69, 9.17) is 16.3 Å². The Balaban J connectivity index is 1.98. The highest BCUT2D eigenvalue weighted by molar-refractivity contribution is 7.92. The molecule has 1 N–H and O–H groups in total. The zero-order valence-corrected chi connectivity index (χ0v) is 16.6. The highest BCUT2D eigenvalue weighted by Gasteiger charge is 2.37. The molecule has 2 aromatic carbocycles. The van der Waals surface area contributed by atoms with E-state index in [2.05, 4.69) is 5.32 Å². The largest absolute Gasteiger partial charge is 0.476 e. The number of nitrogens with one attached hydrogen (secondary N) is 1. The number of halogens is 1. The van der Waals surface area contributed by atoms with Crippen molar-refractivity contribution in [2.75, 3.05) is 10.8 Å². The molecule has 0 radical (unpaired) electrons. The maximum Gasteiger partial charge on any atom is 0.264 e. The molecule has 0 aliphatic carbocycles. The molecule has 0 aromatic heterocycles. The molecule has 1 heterocycles. The summed E-state index contributed by atoms with van der Waals surface area (Å²) in [5, 5.41) is 3.29. The third-order valence-corrected chi connectivity index (χ3v) is 6.48. The van der Waals surface area contributed by atoms with Gasteiger partial charge < -0.3 is 10.1 Å². The summed E-state index contributed by atoms with van der Waals surface area (Å²) in [5.41, 5.74) is 0.403. The van der Waals surface area contributed by atoms with Gasteiger partial charge in [-0.25, -0.2) is 8.42 Å². The smallest absolute Gasteiger partial charge is 0.264 e. The van der Waals surface area contributed by atoms with E-state index in [0.29, 0.717) is 16.5 Å². The van der Waals surface area contributed by atoms with Gasteiger partial charge in [0.25, 0.3) is 15.9 Å². The van der Waals surface area contributed by atoms with Crippen LogP contribution in [0.4, 0.5) is 5.69 Å². The SMILES string of the molecule is CC[C@H](C)NC(=O)[C@@H]1CN(S(=O)(=O)c2ccc(Cl)cc2)c2ccccc2O1. The lowest BCUT2D eigenvalue weighted by Crippen LogP contribution is -2.52. The lowest BCUT2D eigenvalue weighted by atomic mass is 10.2. The van der Waals surface area contributed by atoms with Gasteiger partial charge in [0.2, 0.25) is 0 Å². The Bertz CT molecular complexity index is 931. The summed E-state index contributed by atoms with van der Waals surface area (Å²) >= 11 is 5.87. The van der Waals surface area contributed by atoms with Gasteiger partial charge in [0, 0.05) is 11.1 Å². The molecule has 0 spiro atoms. The molecule has 1 aliphatic heterocycles. The first-order chi connectivity index (χ1) is 12.8. The summed E-state index contributed by atoms with van der Waals surface area (Å²) in [6, 6.07) is 12.7. The Morgan fingerprint density at radius 2 is 1.93 bits per heavy atom. The highest BCUT2D eigenvalue weighted by Crippen LogP contribution is 2.36. The first-order valence-corrected chi connectivity index (χ1v) is 10.5. The van der Waals surface area contributed by atoms with E-state index in [1.165, 1.54) is 28.6 Å². The average molecular weight is 409 g/mol. The van der Waals surface area contributed by atoms with Crippen LogP contribution in [0.2, 0.25) is 5.02 Å². The Kier molecular flexibility index (Phi) is 5.62. The van der Waals surface area contributed by atoms with Crippen molar-refractivity contribution in [3.63, 3.8) is 0 Å². The van der Waals surface area contributed by atoms with Crippen LogP contribution < -0.4 is 14.4 Å². The summed E-state index contributed by atoms with van der Waals surface area (Å²) in [6.45, 7) is 3.74. The number of hydrogen-bond donors (Lipinski definition) is 1. The van der Waals surface area contributed by atoms with Crippen molar-refractivity contribution >= 4 is 33.2 Å². The first kappa shape index (κ1) is 19.5. The fourth-order valence-corrected chi connectivity index (χ4v) is 4.34. The Labute approximate surface area is 164 Å². The fraction of sp³-hybridized carbons (Fsp3) is 0.316. The standard InChI is InChI=1S/C19H21ClN2O4S/c1-3-13(2)21-19(23)18-12-22(16-6-4-5-7-17(16)26-18)27(24,25)15-10-8-14(20)9-11-15/h4-11,13,18H,3,12H2,1-2H3,(H,21,23)/t13-,18-/m0/s1. The fourth-order valence-electron chi connectivity index (χ4n) is 2.74. The van der Waals surface area contributed by atoms with Gasteiger partial charge in [-0.2, -0.15) is 0 Å². The van der Waals surface area contributed by atoms with Crippen molar-refractivity contribution in [3.8, 4) is 5.75 Å². The van der Waals surface area contributed by atoms with Crippen molar-refractivity contribution < 1.29 is 17.9 Å². The second-order valence-electron chi connectivity index (χ2n) is 6.38. The molecule has 2 atom stereocenters. The number of ether oxygens (including phenoxy) is 1. The molecule has 27 heavy (non-hydrogen) atoms. The molecule has 6 nitrogen and oxygen atoms in total. The molecule has 0 fully saturated rings. The third-order valence-electron chi connectivity index (χ3n) is 4.43. The lowest BCUT2D eigenvalue weighted by molar-refractivity contribution is -0.128. The molecule has 2 aromatic rings. The number of anilines is 1. The molecular formula is C19H21ClN2O4S. The van der Waals surface area contributed by atoms with Crippen LogP contribution in [0.25, 0.3) is 0 Å². The minimum Gasteiger partial charge on any atom is -0.476 e. The quantitative estimate of drug-likeness (QED) is 0.824. The molecule has 0 saturated carbocycles.